The number of amides is 3. The number of hydrogen-bond donors (Lipinski definition) is 1. The Morgan fingerprint density at radius 1 is 1.17 bits per heavy atom. The molecule has 1 N–H and O–H groups in total. The summed E-state index contributed by atoms with van der Waals surface area (Å²) >= 11 is 0. The maximum atomic E-state index is 13.2. The van der Waals surface area contributed by atoms with Crippen molar-refractivity contribution in [2.75, 3.05) is 26.2 Å². The van der Waals surface area contributed by atoms with E-state index in [0.717, 1.165) is 32.5 Å². The second-order valence-corrected chi connectivity index (χ2v) is 9.78. The van der Waals surface area contributed by atoms with Crippen LogP contribution in [0.2, 0.25) is 0 Å². The number of carbonyl (C=O) groups is 2. The van der Waals surface area contributed by atoms with E-state index in [1.165, 1.54) is 30.4 Å². The highest BCUT2D eigenvalue weighted by molar-refractivity contribution is 5.78. The van der Waals surface area contributed by atoms with Gasteiger partial charge >= 0.3 is 6.03 Å². The molecule has 1 aromatic rings. The van der Waals surface area contributed by atoms with Gasteiger partial charge in [-0.15, -0.1) is 0 Å². The van der Waals surface area contributed by atoms with E-state index in [4.69, 9.17) is 0 Å². The lowest BCUT2D eigenvalue weighted by molar-refractivity contribution is -0.135. The van der Waals surface area contributed by atoms with Crippen molar-refractivity contribution in [1.29, 1.82) is 0 Å². The van der Waals surface area contributed by atoms with Gasteiger partial charge in [0, 0.05) is 44.6 Å². The third-order valence-corrected chi connectivity index (χ3v) is 7.04. The standard InChI is InChI=1S/C24H35N3O2/c1-18(2)14-25-23(29)26-12-5-7-19(15-26)13-22(28)27-16-20-8-3-4-9-21(20)24(17-27)10-6-11-24/h3-4,8-9,18-19H,5-7,10-17H2,1-2H3,(H,25,29). The molecule has 2 aliphatic heterocycles. The predicted octanol–water partition coefficient (Wildman–Crippen LogP) is 3.92. The number of likely N-dealkylation sites (tertiary alicyclic amines) is 1. The zero-order valence-electron chi connectivity index (χ0n) is 18.0. The lowest BCUT2D eigenvalue weighted by Gasteiger charge is -2.50. The Bertz CT molecular complexity index is 756. The van der Waals surface area contributed by atoms with E-state index < -0.39 is 0 Å². The normalized spacial score (nSPS) is 22.9. The molecule has 3 aliphatic rings. The van der Waals surface area contributed by atoms with Crippen molar-refractivity contribution in [2.45, 2.75) is 64.3 Å². The number of benzene rings is 1. The predicted molar refractivity (Wildman–Crippen MR) is 115 cm³/mol. The fourth-order valence-electron chi connectivity index (χ4n) is 5.29. The molecule has 0 aromatic heterocycles. The van der Waals surface area contributed by atoms with Crippen LogP contribution in [-0.4, -0.2) is 47.9 Å². The summed E-state index contributed by atoms with van der Waals surface area (Å²) in [5, 5.41) is 3.02. The number of urea groups is 1. The summed E-state index contributed by atoms with van der Waals surface area (Å²) in [4.78, 5) is 29.6. The van der Waals surface area contributed by atoms with E-state index in [9.17, 15) is 9.59 Å². The third-order valence-electron chi connectivity index (χ3n) is 7.04. The number of hydrogen-bond acceptors (Lipinski definition) is 2. The van der Waals surface area contributed by atoms with Crippen LogP contribution in [0.4, 0.5) is 4.79 Å². The molecule has 3 amide bonds. The van der Waals surface area contributed by atoms with Gasteiger partial charge in [0.15, 0.2) is 0 Å². The first-order valence-electron chi connectivity index (χ1n) is 11.4. The monoisotopic (exact) mass is 397 g/mol. The van der Waals surface area contributed by atoms with Crippen LogP contribution in [-0.2, 0) is 16.8 Å². The van der Waals surface area contributed by atoms with Crippen LogP contribution in [0.15, 0.2) is 24.3 Å². The molecule has 1 atom stereocenters. The number of rotatable bonds is 4. The van der Waals surface area contributed by atoms with Crippen LogP contribution in [0.3, 0.4) is 0 Å². The summed E-state index contributed by atoms with van der Waals surface area (Å²) < 4.78 is 0. The van der Waals surface area contributed by atoms with Crippen molar-refractivity contribution < 1.29 is 9.59 Å². The zero-order chi connectivity index (χ0) is 20.4. The zero-order valence-corrected chi connectivity index (χ0v) is 18.0. The molecule has 0 bridgehead atoms. The van der Waals surface area contributed by atoms with E-state index in [1.54, 1.807) is 0 Å². The number of nitrogens with one attached hydrogen (secondary N) is 1. The van der Waals surface area contributed by atoms with Crippen LogP contribution in [0.5, 0.6) is 0 Å². The van der Waals surface area contributed by atoms with Crippen LogP contribution < -0.4 is 5.32 Å². The highest BCUT2D eigenvalue weighted by atomic mass is 16.2. The van der Waals surface area contributed by atoms with Gasteiger partial charge in [-0.3, -0.25) is 4.79 Å². The van der Waals surface area contributed by atoms with E-state index in [2.05, 4.69) is 48.3 Å². The van der Waals surface area contributed by atoms with E-state index >= 15 is 0 Å². The fourth-order valence-corrected chi connectivity index (χ4v) is 5.29. The maximum absolute atomic E-state index is 13.2. The molecule has 29 heavy (non-hydrogen) atoms. The first kappa shape index (κ1) is 20.2. The van der Waals surface area contributed by atoms with Crippen molar-refractivity contribution in [3.8, 4) is 0 Å². The average Bonchev–Trinajstić information content (AvgIpc) is 2.70. The van der Waals surface area contributed by atoms with Gasteiger partial charge in [0.25, 0.3) is 0 Å². The van der Waals surface area contributed by atoms with E-state index in [0.29, 0.717) is 25.4 Å². The van der Waals surface area contributed by atoms with Gasteiger partial charge in [-0.05, 0) is 48.6 Å². The molecule has 2 fully saturated rings. The number of carbonyl (C=O) groups excluding carboxylic acids is 2. The van der Waals surface area contributed by atoms with Gasteiger partial charge in [-0.2, -0.15) is 0 Å². The Morgan fingerprint density at radius 3 is 2.69 bits per heavy atom. The van der Waals surface area contributed by atoms with Gasteiger partial charge < -0.3 is 15.1 Å². The summed E-state index contributed by atoms with van der Waals surface area (Å²) in [6.45, 7) is 8.01. The Balaban J connectivity index is 1.36. The maximum Gasteiger partial charge on any atom is 0.317 e. The van der Waals surface area contributed by atoms with Gasteiger partial charge in [0.2, 0.25) is 5.91 Å². The van der Waals surface area contributed by atoms with Crippen molar-refractivity contribution in [3.05, 3.63) is 35.4 Å². The first-order chi connectivity index (χ1) is 14.0. The molecule has 1 saturated carbocycles. The molecular formula is C24H35N3O2. The van der Waals surface area contributed by atoms with Crippen LogP contribution >= 0.6 is 0 Å². The molecule has 1 unspecified atom stereocenters. The largest absolute Gasteiger partial charge is 0.338 e. The lowest BCUT2D eigenvalue weighted by Crippen LogP contribution is -2.52. The van der Waals surface area contributed by atoms with Crippen molar-refractivity contribution in [2.24, 2.45) is 11.8 Å². The minimum Gasteiger partial charge on any atom is -0.338 e. The van der Waals surface area contributed by atoms with E-state index in [1.807, 2.05) is 4.90 Å². The second-order valence-electron chi connectivity index (χ2n) is 9.78. The van der Waals surface area contributed by atoms with Gasteiger partial charge in [-0.1, -0.05) is 44.5 Å². The lowest BCUT2D eigenvalue weighted by atomic mass is 9.61. The quantitative estimate of drug-likeness (QED) is 0.837. The fraction of sp³-hybridized carbons (Fsp3) is 0.667. The molecule has 1 saturated heterocycles. The van der Waals surface area contributed by atoms with Crippen LogP contribution in [0, 0.1) is 11.8 Å². The molecule has 2 heterocycles. The molecule has 4 rings (SSSR count). The summed E-state index contributed by atoms with van der Waals surface area (Å²) in [5.41, 5.74) is 2.99. The average molecular weight is 398 g/mol. The van der Waals surface area contributed by atoms with Gasteiger partial charge in [0.05, 0.1) is 0 Å². The van der Waals surface area contributed by atoms with Crippen molar-refractivity contribution in [1.82, 2.24) is 15.1 Å². The molecule has 158 valence electrons. The second kappa shape index (κ2) is 8.37. The number of nitrogens with zero attached hydrogens (tertiary/aromatic N) is 2. The molecule has 1 aliphatic carbocycles. The SMILES string of the molecule is CC(C)CNC(=O)N1CCCC(CC(=O)N2Cc3ccccc3C3(CCC3)C2)C1. The molecule has 5 nitrogen and oxygen atoms in total. The summed E-state index contributed by atoms with van der Waals surface area (Å²) in [6.07, 6.45) is 6.24. The Hall–Kier alpha value is -2.04. The summed E-state index contributed by atoms with van der Waals surface area (Å²) in [7, 11) is 0. The number of fused-ring (bicyclic) bond motifs is 2. The summed E-state index contributed by atoms with van der Waals surface area (Å²) in [5.74, 6) is 0.984. The first-order valence-corrected chi connectivity index (χ1v) is 11.4. The highest BCUT2D eigenvalue weighted by Crippen LogP contribution is 2.48. The molecular weight excluding hydrogens is 362 g/mol. The molecule has 5 heteroatoms. The highest BCUT2D eigenvalue weighted by Gasteiger charge is 2.45. The topological polar surface area (TPSA) is 52.7 Å². The number of piperidine rings is 1. The van der Waals surface area contributed by atoms with Crippen LogP contribution in [0.1, 0.15) is 63.5 Å². The Kier molecular flexibility index (Phi) is 5.84. The van der Waals surface area contributed by atoms with Gasteiger partial charge in [0.1, 0.15) is 0 Å². The van der Waals surface area contributed by atoms with Gasteiger partial charge in [-0.25, -0.2) is 4.79 Å². The molecule has 1 spiro atoms. The van der Waals surface area contributed by atoms with E-state index in [-0.39, 0.29) is 23.3 Å². The Labute approximate surface area is 174 Å². The van der Waals surface area contributed by atoms with Crippen molar-refractivity contribution >= 4 is 11.9 Å². The summed E-state index contributed by atoms with van der Waals surface area (Å²) in [6, 6.07) is 8.71. The minimum atomic E-state index is 0.0242. The molecule has 0 radical (unpaired) electrons. The minimum absolute atomic E-state index is 0.0242. The Morgan fingerprint density at radius 2 is 1.97 bits per heavy atom. The smallest absolute Gasteiger partial charge is 0.317 e. The van der Waals surface area contributed by atoms with Crippen LogP contribution in [0.25, 0.3) is 0 Å². The van der Waals surface area contributed by atoms with Crippen molar-refractivity contribution in [3.63, 3.8) is 0 Å². The molecule has 1 aromatic carbocycles. The third kappa shape index (κ3) is 4.29.